The zero-order chi connectivity index (χ0) is 16.0. The molecule has 0 heterocycles. The third kappa shape index (κ3) is 5.88. The molecule has 0 bridgehead atoms. The van der Waals surface area contributed by atoms with Gasteiger partial charge in [0.2, 0.25) is 0 Å². The fourth-order valence-electron chi connectivity index (χ4n) is 1.85. The highest BCUT2D eigenvalue weighted by Gasteiger charge is 2.40. The van der Waals surface area contributed by atoms with Crippen LogP contribution in [0.25, 0.3) is 0 Å². The number of rotatable bonds is 7. The lowest BCUT2D eigenvalue weighted by molar-refractivity contribution is -0.166. The number of esters is 2. The molecule has 0 aliphatic rings. The molecule has 118 valence electrons. The second kappa shape index (κ2) is 8.21. The molecule has 0 spiro atoms. The molecule has 0 aromatic heterocycles. The molecular weight excluding hydrogens is 260 g/mol. The zero-order valence-corrected chi connectivity index (χ0v) is 13.8. The van der Waals surface area contributed by atoms with Crippen LogP contribution in [0.5, 0.6) is 0 Å². The van der Waals surface area contributed by atoms with E-state index in [9.17, 15) is 9.59 Å². The van der Waals surface area contributed by atoms with Gasteiger partial charge in [0, 0.05) is 0 Å². The van der Waals surface area contributed by atoms with E-state index in [-0.39, 0.29) is 12.2 Å². The first-order valence-electron chi connectivity index (χ1n) is 6.81. The third-order valence-corrected chi connectivity index (χ3v) is 2.60. The zero-order valence-electron chi connectivity index (χ0n) is 13.8. The summed E-state index contributed by atoms with van der Waals surface area (Å²) in [5.41, 5.74) is 0. The molecule has 0 N–H and O–H groups in total. The van der Waals surface area contributed by atoms with Gasteiger partial charge in [-0.05, 0) is 55.9 Å². The Morgan fingerprint density at radius 1 is 0.700 bits per heavy atom. The molecule has 0 aromatic rings. The van der Waals surface area contributed by atoms with E-state index < -0.39 is 24.0 Å². The van der Waals surface area contributed by atoms with E-state index in [1.165, 1.54) is 0 Å². The van der Waals surface area contributed by atoms with Crippen molar-refractivity contribution < 1.29 is 19.1 Å². The fourth-order valence-corrected chi connectivity index (χ4v) is 1.85. The van der Waals surface area contributed by atoms with E-state index in [0.717, 1.165) is 0 Å². The van der Waals surface area contributed by atoms with Gasteiger partial charge < -0.3 is 9.47 Å². The molecule has 0 amide bonds. The van der Waals surface area contributed by atoms with E-state index in [1.54, 1.807) is 65.7 Å². The first-order valence-corrected chi connectivity index (χ1v) is 6.81. The van der Waals surface area contributed by atoms with Crippen LogP contribution in [0.15, 0.2) is 0 Å². The van der Waals surface area contributed by atoms with Gasteiger partial charge in [-0.3, -0.25) is 19.4 Å². The Bertz CT molecular complexity index is 295. The molecule has 0 rings (SSSR count). The smallest absolute Gasteiger partial charge is 0.325 e. The van der Waals surface area contributed by atoms with Crippen LogP contribution in [0.3, 0.4) is 0 Å². The van der Waals surface area contributed by atoms with Crippen LogP contribution < -0.4 is 0 Å². The minimum absolute atomic E-state index is 0.228. The van der Waals surface area contributed by atoms with Gasteiger partial charge in [-0.15, -0.1) is 0 Å². The summed E-state index contributed by atoms with van der Waals surface area (Å²) < 4.78 is 10.5. The van der Waals surface area contributed by atoms with Gasteiger partial charge in [0.15, 0.2) is 0 Å². The Kier molecular flexibility index (Phi) is 7.75. The monoisotopic (exact) mass is 288 g/mol. The molecule has 6 nitrogen and oxygen atoms in total. The van der Waals surface area contributed by atoms with E-state index in [1.807, 2.05) is 0 Å². The van der Waals surface area contributed by atoms with Crippen molar-refractivity contribution in [1.82, 2.24) is 9.80 Å². The Hall–Kier alpha value is -1.14. The molecule has 20 heavy (non-hydrogen) atoms. The first kappa shape index (κ1) is 18.9. The minimum atomic E-state index is -0.710. The summed E-state index contributed by atoms with van der Waals surface area (Å²) in [6.07, 6.45) is -0.456. The van der Waals surface area contributed by atoms with Gasteiger partial charge in [0.25, 0.3) is 0 Å². The number of nitrogens with zero attached hydrogens (tertiary/aromatic N) is 2. The SMILES string of the molecule is CC(C)OC(=O)C(C(C(=O)OC(C)C)N(C)C)N(C)C. The van der Waals surface area contributed by atoms with Crippen molar-refractivity contribution in [3.63, 3.8) is 0 Å². The summed E-state index contributed by atoms with van der Waals surface area (Å²) in [4.78, 5) is 27.8. The van der Waals surface area contributed by atoms with Crippen LogP contribution in [0, 0.1) is 0 Å². The van der Waals surface area contributed by atoms with Crippen LogP contribution in [-0.2, 0) is 19.1 Å². The number of hydrogen-bond donors (Lipinski definition) is 0. The second-order valence-electron chi connectivity index (χ2n) is 5.79. The van der Waals surface area contributed by atoms with Crippen LogP contribution in [-0.4, -0.2) is 74.2 Å². The third-order valence-electron chi connectivity index (χ3n) is 2.60. The predicted octanol–water partition coefficient (Wildman–Crippen LogP) is 0.750. The molecule has 2 unspecified atom stereocenters. The summed E-state index contributed by atoms with van der Waals surface area (Å²) in [6.45, 7) is 7.12. The van der Waals surface area contributed by atoms with Crippen LogP contribution in [0.1, 0.15) is 27.7 Å². The Balaban J connectivity index is 5.25. The summed E-state index contributed by atoms with van der Waals surface area (Å²) in [5.74, 6) is -0.853. The highest BCUT2D eigenvalue weighted by molar-refractivity contribution is 5.87. The number of ether oxygens (including phenoxy) is 2. The lowest BCUT2D eigenvalue weighted by Gasteiger charge is -2.33. The van der Waals surface area contributed by atoms with E-state index in [0.29, 0.717) is 0 Å². The summed E-state index contributed by atoms with van der Waals surface area (Å²) >= 11 is 0. The van der Waals surface area contributed by atoms with Crippen molar-refractivity contribution in [3.8, 4) is 0 Å². The van der Waals surface area contributed by atoms with Crippen molar-refractivity contribution in [2.45, 2.75) is 52.0 Å². The van der Waals surface area contributed by atoms with Gasteiger partial charge in [0.1, 0.15) is 12.1 Å². The maximum atomic E-state index is 12.2. The van der Waals surface area contributed by atoms with Crippen LogP contribution in [0.4, 0.5) is 0 Å². The lowest BCUT2D eigenvalue weighted by Crippen LogP contribution is -2.56. The van der Waals surface area contributed by atoms with Gasteiger partial charge in [-0.2, -0.15) is 0 Å². The highest BCUT2D eigenvalue weighted by atomic mass is 16.6. The van der Waals surface area contributed by atoms with Crippen molar-refractivity contribution in [1.29, 1.82) is 0 Å². The number of likely N-dealkylation sites (N-methyl/N-ethyl adjacent to an activating group) is 2. The average molecular weight is 288 g/mol. The molecule has 6 heteroatoms. The number of carbonyl (C=O) groups is 2. The maximum absolute atomic E-state index is 12.2. The average Bonchev–Trinajstić information content (AvgIpc) is 2.21. The Morgan fingerprint density at radius 2 is 0.950 bits per heavy atom. The van der Waals surface area contributed by atoms with E-state index in [2.05, 4.69) is 0 Å². The fraction of sp³-hybridized carbons (Fsp3) is 0.857. The molecule has 0 aromatic carbocycles. The lowest BCUT2D eigenvalue weighted by atomic mass is 10.1. The molecule has 0 aliphatic carbocycles. The molecule has 0 fully saturated rings. The molecule has 2 atom stereocenters. The first-order chi connectivity index (χ1) is 9.07. The Labute approximate surface area is 122 Å². The summed E-state index contributed by atoms with van der Waals surface area (Å²) in [5, 5.41) is 0. The standard InChI is InChI=1S/C14H28N2O4/c1-9(2)19-13(17)11(15(5)6)12(16(7)8)14(18)20-10(3)4/h9-12H,1-8H3. The van der Waals surface area contributed by atoms with Gasteiger partial charge in [-0.25, -0.2) is 0 Å². The molecule has 0 saturated carbocycles. The minimum Gasteiger partial charge on any atom is -0.462 e. The van der Waals surface area contributed by atoms with Crippen molar-refractivity contribution in [2.75, 3.05) is 28.2 Å². The molecular formula is C14H28N2O4. The summed E-state index contributed by atoms with van der Waals surface area (Å²) in [6, 6.07) is -1.42. The number of carbonyl (C=O) groups excluding carboxylic acids is 2. The predicted molar refractivity (Wildman–Crippen MR) is 77.4 cm³/mol. The van der Waals surface area contributed by atoms with Crippen molar-refractivity contribution >= 4 is 11.9 Å². The van der Waals surface area contributed by atoms with Crippen molar-refractivity contribution in [3.05, 3.63) is 0 Å². The highest BCUT2D eigenvalue weighted by Crippen LogP contribution is 2.13. The second-order valence-corrected chi connectivity index (χ2v) is 5.79. The largest absolute Gasteiger partial charge is 0.462 e. The van der Waals surface area contributed by atoms with Gasteiger partial charge in [-0.1, -0.05) is 0 Å². The summed E-state index contributed by atoms with van der Waals surface area (Å²) in [7, 11) is 6.97. The van der Waals surface area contributed by atoms with E-state index >= 15 is 0 Å². The number of hydrogen-bond acceptors (Lipinski definition) is 6. The quantitative estimate of drug-likeness (QED) is 0.644. The van der Waals surface area contributed by atoms with E-state index in [4.69, 9.17) is 9.47 Å². The molecule has 0 radical (unpaired) electrons. The van der Waals surface area contributed by atoms with Crippen molar-refractivity contribution in [2.24, 2.45) is 0 Å². The maximum Gasteiger partial charge on any atom is 0.325 e. The Morgan fingerprint density at radius 3 is 1.10 bits per heavy atom. The van der Waals surface area contributed by atoms with Crippen LogP contribution >= 0.6 is 0 Å². The van der Waals surface area contributed by atoms with Gasteiger partial charge in [0.05, 0.1) is 12.2 Å². The normalized spacial score (nSPS) is 14.8. The molecule has 0 saturated heterocycles. The van der Waals surface area contributed by atoms with Gasteiger partial charge >= 0.3 is 11.9 Å². The topological polar surface area (TPSA) is 59.1 Å². The molecule has 0 aliphatic heterocycles. The van der Waals surface area contributed by atoms with Crippen LogP contribution in [0.2, 0.25) is 0 Å².